The lowest BCUT2D eigenvalue weighted by molar-refractivity contribution is -0.114. The number of nitrogens with one attached hydrogen (secondary N) is 1. The summed E-state index contributed by atoms with van der Waals surface area (Å²) in [6, 6.07) is 17.7. The van der Waals surface area contributed by atoms with Crippen molar-refractivity contribution in [3.63, 3.8) is 0 Å². The van der Waals surface area contributed by atoms with Gasteiger partial charge in [-0.15, -0.1) is 10.2 Å². The molecule has 1 heterocycles. The van der Waals surface area contributed by atoms with E-state index in [2.05, 4.69) is 20.6 Å². The van der Waals surface area contributed by atoms with E-state index in [1.807, 2.05) is 54.6 Å². The van der Waals surface area contributed by atoms with Gasteiger partial charge >= 0.3 is 0 Å². The minimum Gasteiger partial charge on any atom is -0.489 e. The lowest BCUT2D eigenvalue weighted by atomic mass is 10.2. The van der Waals surface area contributed by atoms with Crippen molar-refractivity contribution in [2.75, 3.05) is 0 Å². The third-order valence-corrected chi connectivity index (χ3v) is 2.69. The summed E-state index contributed by atoms with van der Waals surface area (Å²) in [5.41, 5.74) is 2.01. The molecule has 2 aromatic carbocycles. The molecule has 0 unspecified atom stereocenters. The molecule has 6 nitrogen and oxygen atoms in total. The molecule has 0 aliphatic rings. The molecule has 0 aliphatic heterocycles. The number of ether oxygens (including phenoxy) is 1. The van der Waals surface area contributed by atoms with E-state index in [1.165, 1.54) is 13.8 Å². The second kappa shape index (κ2) is 8.43. The van der Waals surface area contributed by atoms with Gasteiger partial charge in [0.05, 0.1) is 0 Å². The zero-order valence-electron chi connectivity index (χ0n) is 13.1. The molecule has 0 saturated heterocycles. The van der Waals surface area contributed by atoms with E-state index in [0.717, 1.165) is 16.9 Å². The van der Waals surface area contributed by atoms with Gasteiger partial charge in [-0.3, -0.25) is 0 Å². The number of aromatic amines is 1. The Morgan fingerprint density at radius 3 is 2.48 bits per heavy atom. The molecule has 118 valence electrons. The van der Waals surface area contributed by atoms with Crippen LogP contribution in [0.2, 0.25) is 0 Å². The lowest BCUT2D eigenvalue weighted by Gasteiger charge is -2.06. The second-order valence-electron chi connectivity index (χ2n) is 4.95. The summed E-state index contributed by atoms with van der Waals surface area (Å²) in [7, 11) is 0. The number of hydrogen-bond acceptors (Lipinski definition) is 5. The van der Waals surface area contributed by atoms with Crippen LogP contribution in [0.25, 0.3) is 11.4 Å². The molecule has 1 aromatic heterocycles. The predicted molar refractivity (Wildman–Crippen MR) is 86.7 cm³/mol. The van der Waals surface area contributed by atoms with E-state index < -0.39 is 0 Å². The number of carbonyl (C=O) groups is 1. The number of Topliss-reactive ketones (excluding diaryl/α,β-unsaturated/α-hetero) is 1. The van der Waals surface area contributed by atoms with Gasteiger partial charge in [0.25, 0.3) is 0 Å². The van der Waals surface area contributed by atoms with Crippen molar-refractivity contribution in [2.24, 2.45) is 0 Å². The highest BCUT2D eigenvalue weighted by atomic mass is 16.5. The Bertz CT molecular complexity index is 723. The molecule has 0 saturated carbocycles. The molecule has 1 N–H and O–H groups in total. The smallest absolute Gasteiger partial charge is 0.204 e. The van der Waals surface area contributed by atoms with Crippen molar-refractivity contribution in [3.05, 3.63) is 60.2 Å². The van der Waals surface area contributed by atoms with Gasteiger partial charge in [-0.2, -0.15) is 5.21 Å². The Morgan fingerprint density at radius 2 is 1.83 bits per heavy atom. The minimum absolute atomic E-state index is 0.167. The first-order valence-corrected chi connectivity index (χ1v) is 7.13. The average molecular weight is 310 g/mol. The van der Waals surface area contributed by atoms with Crippen LogP contribution in [0.5, 0.6) is 5.75 Å². The zero-order valence-corrected chi connectivity index (χ0v) is 13.1. The molecule has 0 radical (unpaired) electrons. The number of ketones is 1. The zero-order chi connectivity index (χ0) is 16.5. The first kappa shape index (κ1) is 16.4. The number of aromatic nitrogens is 4. The fourth-order valence-corrected chi connectivity index (χ4v) is 1.75. The highest BCUT2D eigenvalue weighted by Gasteiger charge is 2.04. The van der Waals surface area contributed by atoms with Crippen LogP contribution in [0.4, 0.5) is 0 Å². The van der Waals surface area contributed by atoms with Crippen LogP contribution in [0, 0.1) is 0 Å². The van der Waals surface area contributed by atoms with E-state index in [0.29, 0.717) is 12.4 Å². The standard InChI is InChI=1S/C14H12N4O.C3H6O/c1-2-5-11(6-3-1)10-19-13-8-4-7-12(9-13)14-15-17-18-16-14;1-3(2)4/h1-9H,10H2,(H,15,16,17,18);1-2H3. The van der Waals surface area contributed by atoms with E-state index in [9.17, 15) is 4.79 Å². The van der Waals surface area contributed by atoms with Crippen molar-refractivity contribution >= 4 is 5.78 Å². The van der Waals surface area contributed by atoms with Gasteiger partial charge in [-0.25, -0.2) is 0 Å². The average Bonchev–Trinajstić information content (AvgIpc) is 3.08. The largest absolute Gasteiger partial charge is 0.489 e. The third-order valence-electron chi connectivity index (χ3n) is 2.69. The first-order chi connectivity index (χ1) is 11.1. The van der Waals surface area contributed by atoms with Gasteiger partial charge < -0.3 is 9.53 Å². The Balaban J connectivity index is 0.000000433. The van der Waals surface area contributed by atoms with Crippen molar-refractivity contribution in [2.45, 2.75) is 20.5 Å². The molecule has 0 aliphatic carbocycles. The van der Waals surface area contributed by atoms with E-state index in [-0.39, 0.29) is 5.78 Å². The van der Waals surface area contributed by atoms with Gasteiger partial charge in [-0.05, 0) is 36.8 Å². The summed E-state index contributed by atoms with van der Waals surface area (Å²) < 4.78 is 5.74. The van der Waals surface area contributed by atoms with Crippen LogP contribution >= 0.6 is 0 Å². The van der Waals surface area contributed by atoms with Gasteiger partial charge in [0.1, 0.15) is 18.1 Å². The Morgan fingerprint density at radius 1 is 1.09 bits per heavy atom. The topological polar surface area (TPSA) is 80.8 Å². The first-order valence-electron chi connectivity index (χ1n) is 7.13. The molecule has 23 heavy (non-hydrogen) atoms. The van der Waals surface area contributed by atoms with E-state index in [4.69, 9.17) is 4.74 Å². The van der Waals surface area contributed by atoms with Crippen LogP contribution in [-0.2, 0) is 11.4 Å². The number of carbonyl (C=O) groups excluding carboxylic acids is 1. The second-order valence-corrected chi connectivity index (χ2v) is 4.95. The number of benzene rings is 2. The summed E-state index contributed by atoms with van der Waals surface area (Å²) in [6.45, 7) is 3.59. The molecule has 0 spiro atoms. The maximum atomic E-state index is 9.44. The van der Waals surface area contributed by atoms with Crippen LogP contribution < -0.4 is 4.74 Å². The van der Waals surface area contributed by atoms with Gasteiger partial charge in [0.2, 0.25) is 5.82 Å². The lowest BCUT2D eigenvalue weighted by Crippen LogP contribution is -1.95. The fourth-order valence-electron chi connectivity index (χ4n) is 1.75. The Kier molecular flexibility index (Phi) is 5.99. The molecule has 6 heteroatoms. The van der Waals surface area contributed by atoms with Crippen LogP contribution in [0.3, 0.4) is 0 Å². The monoisotopic (exact) mass is 310 g/mol. The molecule has 3 aromatic rings. The van der Waals surface area contributed by atoms with E-state index >= 15 is 0 Å². The normalized spacial score (nSPS) is 9.65. The minimum atomic E-state index is 0.167. The fraction of sp³-hybridized carbons (Fsp3) is 0.176. The van der Waals surface area contributed by atoms with Crippen molar-refractivity contribution < 1.29 is 9.53 Å². The van der Waals surface area contributed by atoms with Crippen LogP contribution in [0.1, 0.15) is 19.4 Å². The summed E-state index contributed by atoms with van der Waals surface area (Å²) in [4.78, 5) is 9.44. The summed E-state index contributed by atoms with van der Waals surface area (Å²) in [6.07, 6.45) is 0. The molecular weight excluding hydrogens is 292 g/mol. The van der Waals surface area contributed by atoms with E-state index in [1.54, 1.807) is 0 Å². The molecule has 3 rings (SSSR count). The number of rotatable bonds is 4. The van der Waals surface area contributed by atoms with Gasteiger partial charge in [0, 0.05) is 5.56 Å². The highest BCUT2D eigenvalue weighted by Crippen LogP contribution is 2.20. The van der Waals surface area contributed by atoms with Crippen LogP contribution in [0.15, 0.2) is 54.6 Å². The number of nitrogens with zero attached hydrogens (tertiary/aromatic N) is 3. The SMILES string of the molecule is CC(C)=O.c1ccc(COc2cccc(-c3nn[nH]n3)c2)cc1. The summed E-state index contributed by atoms with van der Waals surface area (Å²) >= 11 is 0. The van der Waals surface area contributed by atoms with Crippen molar-refractivity contribution in [1.29, 1.82) is 0 Å². The quantitative estimate of drug-likeness (QED) is 0.801. The Labute approximate surface area is 134 Å². The number of tetrazole rings is 1. The summed E-state index contributed by atoms with van der Waals surface area (Å²) in [5.74, 6) is 1.51. The molecule has 0 amide bonds. The van der Waals surface area contributed by atoms with Gasteiger partial charge in [0.15, 0.2) is 0 Å². The van der Waals surface area contributed by atoms with Gasteiger partial charge in [-0.1, -0.05) is 42.5 Å². The number of H-pyrrole nitrogens is 1. The summed E-state index contributed by atoms with van der Waals surface area (Å²) in [5, 5.41) is 13.9. The van der Waals surface area contributed by atoms with Crippen molar-refractivity contribution in [1.82, 2.24) is 20.6 Å². The number of hydrogen-bond donors (Lipinski definition) is 1. The molecule has 0 atom stereocenters. The Hall–Kier alpha value is -3.02. The predicted octanol–water partition coefficient (Wildman–Crippen LogP) is 3.04. The maximum absolute atomic E-state index is 9.44. The highest BCUT2D eigenvalue weighted by molar-refractivity contribution is 5.72. The third kappa shape index (κ3) is 5.70. The molecule has 0 fully saturated rings. The molecular formula is C17H18N4O2. The van der Waals surface area contributed by atoms with Crippen molar-refractivity contribution in [3.8, 4) is 17.1 Å². The van der Waals surface area contributed by atoms with Crippen LogP contribution in [-0.4, -0.2) is 26.4 Å². The maximum Gasteiger partial charge on any atom is 0.204 e. The molecule has 0 bridgehead atoms.